The summed E-state index contributed by atoms with van der Waals surface area (Å²) in [5.41, 5.74) is 3.56. The number of hydrogen-bond acceptors (Lipinski definition) is 5. The molecule has 0 bridgehead atoms. The van der Waals surface area contributed by atoms with E-state index >= 15 is 0 Å². The minimum Gasteiger partial charge on any atom is -0.370 e. The Morgan fingerprint density at radius 1 is 1.14 bits per heavy atom. The van der Waals surface area contributed by atoms with Crippen LogP contribution in [0, 0.1) is 0 Å². The molecule has 21 heavy (non-hydrogen) atoms. The molecule has 0 amide bonds. The van der Waals surface area contributed by atoms with E-state index < -0.39 is 0 Å². The maximum atomic E-state index is 4.76. The van der Waals surface area contributed by atoms with Crippen molar-refractivity contribution in [3.63, 3.8) is 0 Å². The van der Waals surface area contributed by atoms with Crippen LogP contribution >= 0.6 is 23.5 Å². The van der Waals surface area contributed by atoms with E-state index in [0.717, 1.165) is 41.0 Å². The number of thioether (sulfide) groups is 2. The molecule has 0 spiro atoms. The normalized spacial score (nSPS) is 13.2. The number of nitrogens with zero attached hydrogens (tertiary/aromatic N) is 2. The van der Waals surface area contributed by atoms with Crippen molar-refractivity contribution in [2.75, 3.05) is 17.6 Å². The van der Waals surface area contributed by atoms with E-state index in [1.807, 2.05) is 23.5 Å². The first-order valence-electron chi connectivity index (χ1n) is 7.26. The van der Waals surface area contributed by atoms with Crippen LogP contribution in [0.15, 0.2) is 29.2 Å². The number of benzene rings is 1. The number of hydrogen-bond donors (Lipinski definition) is 1. The third kappa shape index (κ3) is 3.19. The SMILES string of the molecule is CCNc1nc(-c2ccc(SCC)cc2)nc2c1CSC2. The maximum Gasteiger partial charge on any atom is 0.161 e. The minimum absolute atomic E-state index is 0.834. The fourth-order valence-electron chi connectivity index (χ4n) is 2.36. The van der Waals surface area contributed by atoms with Gasteiger partial charge in [0.15, 0.2) is 5.82 Å². The zero-order valence-corrected chi connectivity index (χ0v) is 14.0. The van der Waals surface area contributed by atoms with E-state index in [-0.39, 0.29) is 0 Å². The molecule has 1 N–H and O–H groups in total. The molecule has 1 aromatic carbocycles. The molecular weight excluding hydrogens is 298 g/mol. The fraction of sp³-hybridized carbons (Fsp3) is 0.375. The van der Waals surface area contributed by atoms with Crippen molar-refractivity contribution in [2.24, 2.45) is 0 Å². The average Bonchev–Trinajstić information content (AvgIpc) is 2.97. The van der Waals surface area contributed by atoms with Crippen LogP contribution in [0.25, 0.3) is 11.4 Å². The first-order valence-corrected chi connectivity index (χ1v) is 9.40. The van der Waals surface area contributed by atoms with E-state index in [0.29, 0.717) is 0 Å². The van der Waals surface area contributed by atoms with Crippen LogP contribution in [-0.2, 0) is 11.5 Å². The largest absolute Gasteiger partial charge is 0.370 e. The topological polar surface area (TPSA) is 37.8 Å². The predicted molar refractivity (Wildman–Crippen MR) is 93.0 cm³/mol. The third-order valence-corrected chi connectivity index (χ3v) is 5.21. The molecule has 1 aliphatic rings. The molecular formula is C16H19N3S2. The molecule has 0 aliphatic carbocycles. The van der Waals surface area contributed by atoms with Crippen molar-refractivity contribution >= 4 is 29.3 Å². The number of nitrogens with one attached hydrogen (secondary N) is 1. The molecule has 2 aromatic rings. The van der Waals surface area contributed by atoms with Crippen molar-refractivity contribution in [3.05, 3.63) is 35.5 Å². The number of fused-ring (bicyclic) bond motifs is 1. The Bertz CT molecular complexity index is 626. The lowest BCUT2D eigenvalue weighted by Crippen LogP contribution is -2.06. The summed E-state index contributed by atoms with van der Waals surface area (Å²) in [4.78, 5) is 10.8. The standard InChI is InChI=1S/C16H19N3S2/c1-3-17-16-13-9-20-10-14(13)18-15(19-16)11-5-7-12(8-6-11)21-4-2/h5-8H,3-4,9-10H2,1-2H3,(H,17,18,19). The van der Waals surface area contributed by atoms with Crippen LogP contribution in [0.4, 0.5) is 5.82 Å². The summed E-state index contributed by atoms with van der Waals surface area (Å²) in [5, 5.41) is 3.38. The fourth-order valence-corrected chi connectivity index (χ4v) is 4.06. The smallest absolute Gasteiger partial charge is 0.161 e. The molecule has 3 nitrogen and oxygen atoms in total. The summed E-state index contributed by atoms with van der Waals surface area (Å²) in [6, 6.07) is 8.55. The quantitative estimate of drug-likeness (QED) is 0.826. The second-order valence-corrected chi connectivity index (χ2v) is 7.12. The Morgan fingerprint density at radius 3 is 2.67 bits per heavy atom. The van der Waals surface area contributed by atoms with Gasteiger partial charge in [-0.1, -0.05) is 19.1 Å². The summed E-state index contributed by atoms with van der Waals surface area (Å²) in [7, 11) is 0. The molecule has 0 saturated carbocycles. The molecule has 3 rings (SSSR count). The Morgan fingerprint density at radius 2 is 1.95 bits per heavy atom. The Balaban J connectivity index is 1.96. The molecule has 0 saturated heterocycles. The molecule has 1 aromatic heterocycles. The van der Waals surface area contributed by atoms with Gasteiger partial charge in [0.2, 0.25) is 0 Å². The van der Waals surface area contributed by atoms with Gasteiger partial charge < -0.3 is 5.32 Å². The van der Waals surface area contributed by atoms with E-state index in [1.54, 1.807) is 0 Å². The van der Waals surface area contributed by atoms with E-state index in [9.17, 15) is 0 Å². The number of aromatic nitrogens is 2. The van der Waals surface area contributed by atoms with Gasteiger partial charge in [-0.15, -0.1) is 11.8 Å². The van der Waals surface area contributed by atoms with Crippen molar-refractivity contribution in [1.82, 2.24) is 9.97 Å². The van der Waals surface area contributed by atoms with E-state index in [1.165, 1.54) is 16.2 Å². The molecule has 110 valence electrons. The van der Waals surface area contributed by atoms with Crippen LogP contribution < -0.4 is 5.32 Å². The van der Waals surface area contributed by atoms with Gasteiger partial charge in [-0.3, -0.25) is 0 Å². The van der Waals surface area contributed by atoms with Gasteiger partial charge in [0.05, 0.1) is 5.69 Å². The average molecular weight is 317 g/mol. The van der Waals surface area contributed by atoms with Gasteiger partial charge in [-0.25, -0.2) is 9.97 Å². The summed E-state index contributed by atoms with van der Waals surface area (Å²) in [6.07, 6.45) is 0. The number of anilines is 1. The van der Waals surface area contributed by atoms with Crippen LogP contribution in [0.1, 0.15) is 25.1 Å². The second-order valence-electron chi connectivity index (χ2n) is 4.80. The van der Waals surface area contributed by atoms with Gasteiger partial charge >= 0.3 is 0 Å². The highest BCUT2D eigenvalue weighted by atomic mass is 32.2. The Labute approximate surface area is 134 Å². The molecule has 0 radical (unpaired) electrons. The monoisotopic (exact) mass is 317 g/mol. The van der Waals surface area contributed by atoms with Crippen molar-refractivity contribution < 1.29 is 0 Å². The number of rotatable bonds is 5. The highest BCUT2D eigenvalue weighted by molar-refractivity contribution is 7.99. The highest BCUT2D eigenvalue weighted by Crippen LogP contribution is 2.34. The summed E-state index contributed by atoms with van der Waals surface area (Å²) >= 11 is 3.76. The van der Waals surface area contributed by atoms with Gasteiger partial charge in [-0.05, 0) is 24.8 Å². The van der Waals surface area contributed by atoms with E-state index in [4.69, 9.17) is 9.97 Å². The van der Waals surface area contributed by atoms with Crippen LogP contribution in [0.2, 0.25) is 0 Å². The molecule has 0 atom stereocenters. The van der Waals surface area contributed by atoms with Gasteiger partial charge in [0.25, 0.3) is 0 Å². The van der Waals surface area contributed by atoms with Gasteiger partial charge in [0, 0.05) is 34.1 Å². The highest BCUT2D eigenvalue weighted by Gasteiger charge is 2.19. The van der Waals surface area contributed by atoms with Crippen molar-refractivity contribution in [3.8, 4) is 11.4 Å². The van der Waals surface area contributed by atoms with Crippen LogP contribution in [0.3, 0.4) is 0 Å². The predicted octanol–water partition coefficient (Wildman–Crippen LogP) is 4.43. The Hall–Kier alpha value is -1.20. The van der Waals surface area contributed by atoms with Crippen molar-refractivity contribution in [1.29, 1.82) is 0 Å². The van der Waals surface area contributed by atoms with Crippen LogP contribution in [0.5, 0.6) is 0 Å². The zero-order valence-electron chi connectivity index (χ0n) is 12.3. The summed E-state index contributed by atoms with van der Waals surface area (Å²) < 4.78 is 0. The lowest BCUT2D eigenvalue weighted by molar-refractivity contribution is 1.05. The first-order chi connectivity index (χ1) is 10.3. The lowest BCUT2D eigenvalue weighted by Gasteiger charge is -2.10. The molecule has 1 aliphatic heterocycles. The van der Waals surface area contributed by atoms with Crippen molar-refractivity contribution in [2.45, 2.75) is 30.2 Å². The molecule has 0 fully saturated rings. The van der Waals surface area contributed by atoms with Crippen LogP contribution in [-0.4, -0.2) is 22.3 Å². The lowest BCUT2D eigenvalue weighted by atomic mass is 10.2. The molecule has 2 heterocycles. The third-order valence-electron chi connectivity index (χ3n) is 3.35. The molecule has 0 unspecified atom stereocenters. The molecule has 5 heteroatoms. The zero-order chi connectivity index (χ0) is 14.7. The summed E-state index contributed by atoms with van der Waals surface area (Å²) in [5.74, 6) is 4.95. The Kier molecular flexibility index (Phi) is 4.70. The van der Waals surface area contributed by atoms with Gasteiger partial charge in [0.1, 0.15) is 5.82 Å². The first kappa shape index (κ1) is 14.7. The maximum absolute atomic E-state index is 4.76. The van der Waals surface area contributed by atoms with E-state index in [2.05, 4.69) is 43.4 Å². The minimum atomic E-state index is 0.834. The van der Waals surface area contributed by atoms with Gasteiger partial charge in [-0.2, -0.15) is 11.8 Å². The second kappa shape index (κ2) is 6.71. The summed E-state index contributed by atoms with van der Waals surface area (Å²) in [6.45, 7) is 5.16.